The summed E-state index contributed by atoms with van der Waals surface area (Å²) in [5.74, 6) is 0.157. The van der Waals surface area contributed by atoms with Gasteiger partial charge in [0.15, 0.2) is 0 Å². The number of benzene rings is 1. The lowest BCUT2D eigenvalue weighted by Gasteiger charge is -2.06. The summed E-state index contributed by atoms with van der Waals surface area (Å²) in [5.41, 5.74) is 6.22. The Morgan fingerprint density at radius 2 is 2.15 bits per heavy atom. The molecule has 4 heteroatoms. The highest BCUT2D eigenvalue weighted by Gasteiger charge is 2.08. The van der Waals surface area contributed by atoms with E-state index in [1.807, 2.05) is 12.1 Å². The molecule has 0 amide bonds. The number of phenolic OH excluding ortho intramolecular Hbond substituents is 1. The minimum Gasteiger partial charge on any atom is -0.506 e. The molecular weight excluding hydrogens is 253 g/mol. The number of aromatic hydroxyl groups is 1. The molecule has 72 valence electrons. The fourth-order valence-corrected chi connectivity index (χ4v) is 1.58. The Morgan fingerprint density at radius 3 is 2.77 bits per heavy atom. The first-order valence-corrected chi connectivity index (χ1v) is 5.20. The van der Waals surface area contributed by atoms with Gasteiger partial charge in [-0.1, -0.05) is 17.7 Å². The topological polar surface area (TPSA) is 46.2 Å². The maximum Gasteiger partial charge on any atom is 0.138 e. The highest BCUT2D eigenvalue weighted by molar-refractivity contribution is 9.10. The largest absolute Gasteiger partial charge is 0.506 e. The van der Waals surface area contributed by atoms with Gasteiger partial charge in [-0.2, -0.15) is 0 Å². The van der Waals surface area contributed by atoms with E-state index in [4.69, 9.17) is 17.3 Å². The van der Waals surface area contributed by atoms with E-state index in [1.165, 1.54) is 0 Å². The van der Waals surface area contributed by atoms with Gasteiger partial charge >= 0.3 is 0 Å². The number of rotatable bonds is 3. The smallest absolute Gasteiger partial charge is 0.138 e. The van der Waals surface area contributed by atoms with Crippen molar-refractivity contribution in [1.29, 1.82) is 0 Å². The van der Waals surface area contributed by atoms with E-state index in [-0.39, 0.29) is 5.75 Å². The zero-order valence-corrected chi connectivity index (χ0v) is 9.40. The van der Waals surface area contributed by atoms with Crippen LogP contribution in [0.1, 0.15) is 12.0 Å². The molecular formula is C9H11BrClNO. The van der Waals surface area contributed by atoms with Gasteiger partial charge in [0, 0.05) is 4.47 Å². The quantitative estimate of drug-likeness (QED) is 0.882. The second-order valence-electron chi connectivity index (χ2n) is 2.76. The molecule has 0 aliphatic carbocycles. The molecule has 0 aromatic heterocycles. The van der Waals surface area contributed by atoms with Crippen molar-refractivity contribution in [3.8, 4) is 5.75 Å². The van der Waals surface area contributed by atoms with Crippen molar-refractivity contribution in [2.75, 3.05) is 6.54 Å². The van der Waals surface area contributed by atoms with Crippen LogP contribution in [-0.4, -0.2) is 11.7 Å². The standard InChI is InChI=1S/C9H11BrClNO/c10-7-4-3-6(2-1-5-12)9(13)8(7)11/h3-4,13H,1-2,5,12H2. The Hall–Kier alpha value is -0.250. The molecule has 0 spiro atoms. The second kappa shape index (κ2) is 4.84. The van der Waals surface area contributed by atoms with Crippen molar-refractivity contribution in [2.24, 2.45) is 5.73 Å². The predicted octanol–water partition coefficient (Wildman–Crippen LogP) is 2.70. The third-order valence-electron chi connectivity index (χ3n) is 1.80. The lowest BCUT2D eigenvalue weighted by Crippen LogP contribution is -2.00. The summed E-state index contributed by atoms with van der Waals surface area (Å²) in [7, 11) is 0. The van der Waals surface area contributed by atoms with Crippen LogP contribution < -0.4 is 5.73 Å². The third-order valence-corrected chi connectivity index (χ3v) is 3.07. The zero-order chi connectivity index (χ0) is 9.84. The Kier molecular flexibility index (Phi) is 4.03. The van der Waals surface area contributed by atoms with E-state index >= 15 is 0 Å². The summed E-state index contributed by atoms with van der Waals surface area (Å²) >= 11 is 9.07. The van der Waals surface area contributed by atoms with Crippen LogP contribution in [0.25, 0.3) is 0 Å². The molecule has 0 atom stereocenters. The SMILES string of the molecule is NCCCc1ccc(Br)c(Cl)c1O. The molecule has 1 rings (SSSR count). The van der Waals surface area contributed by atoms with Gasteiger partial charge in [0.1, 0.15) is 5.75 Å². The number of halogens is 2. The van der Waals surface area contributed by atoms with Crippen molar-refractivity contribution in [2.45, 2.75) is 12.8 Å². The van der Waals surface area contributed by atoms with Crippen LogP contribution in [0.2, 0.25) is 5.02 Å². The van der Waals surface area contributed by atoms with E-state index in [0.717, 1.165) is 18.4 Å². The second-order valence-corrected chi connectivity index (χ2v) is 3.99. The summed E-state index contributed by atoms with van der Waals surface area (Å²) in [6.45, 7) is 0.618. The molecule has 0 aliphatic rings. The van der Waals surface area contributed by atoms with Crippen molar-refractivity contribution in [3.05, 3.63) is 27.2 Å². The molecule has 13 heavy (non-hydrogen) atoms. The van der Waals surface area contributed by atoms with Crippen molar-refractivity contribution >= 4 is 27.5 Å². The number of nitrogens with two attached hydrogens (primary N) is 1. The van der Waals surface area contributed by atoms with Crippen molar-refractivity contribution < 1.29 is 5.11 Å². The zero-order valence-electron chi connectivity index (χ0n) is 7.06. The molecule has 1 aromatic rings. The van der Waals surface area contributed by atoms with Crippen LogP contribution in [0.15, 0.2) is 16.6 Å². The summed E-state index contributed by atoms with van der Waals surface area (Å²) < 4.78 is 0.711. The highest BCUT2D eigenvalue weighted by Crippen LogP contribution is 2.34. The predicted molar refractivity (Wildman–Crippen MR) is 58.2 cm³/mol. The number of hydrogen-bond acceptors (Lipinski definition) is 2. The normalized spacial score (nSPS) is 10.4. The molecule has 2 nitrogen and oxygen atoms in total. The number of aryl methyl sites for hydroxylation is 1. The van der Waals surface area contributed by atoms with E-state index in [1.54, 1.807) is 0 Å². The van der Waals surface area contributed by atoms with Gasteiger partial charge in [-0.25, -0.2) is 0 Å². The van der Waals surface area contributed by atoms with Crippen LogP contribution >= 0.6 is 27.5 Å². The van der Waals surface area contributed by atoms with Gasteiger partial charge in [0.05, 0.1) is 5.02 Å². The lowest BCUT2D eigenvalue weighted by atomic mass is 10.1. The molecule has 0 saturated carbocycles. The Labute approximate surface area is 90.8 Å². The summed E-state index contributed by atoms with van der Waals surface area (Å²) in [4.78, 5) is 0. The van der Waals surface area contributed by atoms with Crippen LogP contribution in [0.4, 0.5) is 0 Å². The maximum atomic E-state index is 9.60. The van der Waals surface area contributed by atoms with Crippen LogP contribution in [0, 0.1) is 0 Å². The molecule has 3 N–H and O–H groups in total. The fourth-order valence-electron chi connectivity index (χ4n) is 1.07. The number of phenols is 1. The average molecular weight is 265 g/mol. The monoisotopic (exact) mass is 263 g/mol. The van der Waals surface area contributed by atoms with Crippen LogP contribution in [0.3, 0.4) is 0 Å². The van der Waals surface area contributed by atoms with Gasteiger partial charge in [-0.05, 0) is 46.9 Å². The number of hydrogen-bond donors (Lipinski definition) is 2. The molecule has 0 saturated heterocycles. The Balaban J connectivity index is 2.90. The maximum absolute atomic E-state index is 9.60. The van der Waals surface area contributed by atoms with Gasteiger partial charge in [0.2, 0.25) is 0 Å². The highest BCUT2D eigenvalue weighted by atomic mass is 79.9. The van der Waals surface area contributed by atoms with Gasteiger partial charge in [-0.15, -0.1) is 0 Å². The van der Waals surface area contributed by atoms with Gasteiger partial charge < -0.3 is 10.8 Å². The molecule has 0 unspecified atom stereocenters. The van der Waals surface area contributed by atoms with Crippen molar-refractivity contribution in [1.82, 2.24) is 0 Å². The molecule has 1 aromatic carbocycles. The van der Waals surface area contributed by atoms with E-state index < -0.39 is 0 Å². The van der Waals surface area contributed by atoms with Crippen LogP contribution in [0.5, 0.6) is 5.75 Å². The Bertz CT molecular complexity index is 304. The summed E-state index contributed by atoms with van der Waals surface area (Å²) in [5, 5.41) is 9.97. The molecule has 0 bridgehead atoms. The first-order chi connectivity index (χ1) is 6.16. The first kappa shape index (κ1) is 10.8. The van der Waals surface area contributed by atoms with Crippen molar-refractivity contribution in [3.63, 3.8) is 0 Å². The summed E-state index contributed by atoms with van der Waals surface area (Å²) in [6, 6.07) is 3.68. The molecule has 0 heterocycles. The molecule has 0 aliphatic heterocycles. The minimum atomic E-state index is 0.157. The molecule has 0 radical (unpaired) electrons. The third kappa shape index (κ3) is 2.59. The van der Waals surface area contributed by atoms with Gasteiger partial charge in [-0.3, -0.25) is 0 Å². The lowest BCUT2D eigenvalue weighted by molar-refractivity contribution is 0.467. The van der Waals surface area contributed by atoms with E-state index in [9.17, 15) is 5.11 Å². The molecule has 0 fully saturated rings. The summed E-state index contributed by atoms with van der Waals surface area (Å²) in [6.07, 6.45) is 1.61. The van der Waals surface area contributed by atoms with E-state index in [2.05, 4.69) is 15.9 Å². The van der Waals surface area contributed by atoms with Gasteiger partial charge in [0.25, 0.3) is 0 Å². The average Bonchev–Trinajstić information content (AvgIpc) is 2.13. The fraction of sp³-hybridized carbons (Fsp3) is 0.333. The Morgan fingerprint density at radius 1 is 1.46 bits per heavy atom. The minimum absolute atomic E-state index is 0.157. The van der Waals surface area contributed by atoms with E-state index in [0.29, 0.717) is 16.0 Å². The van der Waals surface area contributed by atoms with Crippen LogP contribution in [-0.2, 0) is 6.42 Å². The first-order valence-electron chi connectivity index (χ1n) is 4.02.